The van der Waals surface area contributed by atoms with Crippen LogP contribution in [-0.4, -0.2) is 62.0 Å². The number of para-hydroxylation sites is 1. The number of benzene rings is 1. The molecule has 1 aromatic rings. The third-order valence-corrected chi connectivity index (χ3v) is 6.62. The van der Waals surface area contributed by atoms with Crippen LogP contribution in [0.5, 0.6) is 11.5 Å². The molecular formula is C25H38N2O4. The monoisotopic (exact) mass is 430 g/mol. The Morgan fingerprint density at radius 1 is 1.10 bits per heavy atom. The van der Waals surface area contributed by atoms with Crippen molar-refractivity contribution in [2.75, 3.05) is 40.4 Å². The molecule has 2 atom stereocenters. The van der Waals surface area contributed by atoms with Crippen LogP contribution in [0.15, 0.2) is 18.2 Å². The molecule has 2 fully saturated rings. The van der Waals surface area contributed by atoms with Gasteiger partial charge in [-0.15, -0.1) is 0 Å². The molecule has 2 heterocycles. The Morgan fingerprint density at radius 2 is 1.84 bits per heavy atom. The van der Waals surface area contributed by atoms with Gasteiger partial charge in [-0.25, -0.2) is 0 Å². The zero-order chi connectivity index (χ0) is 22.6. The molecule has 6 heteroatoms. The second-order valence-corrected chi connectivity index (χ2v) is 10.2. The van der Waals surface area contributed by atoms with Gasteiger partial charge in [0.15, 0.2) is 11.5 Å². The molecule has 2 amide bonds. The SMILES string of the molecule is COc1cccc(CCN2CC[C@H]3CN(C(=O)CC(C)(C)C)CC[C@@H]3CC2=O)c1OC. The maximum Gasteiger partial charge on any atom is 0.223 e. The molecule has 0 radical (unpaired) electrons. The van der Waals surface area contributed by atoms with Crippen LogP contribution in [0.4, 0.5) is 0 Å². The molecule has 0 spiro atoms. The molecule has 2 saturated heterocycles. The third-order valence-electron chi connectivity index (χ3n) is 6.62. The smallest absolute Gasteiger partial charge is 0.223 e. The Labute approximate surface area is 186 Å². The van der Waals surface area contributed by atoms with E-state index < -0.39 is 0 Å². The quantitative estimate of drug-likeness (QED) is 0.689. The van der Waals surface area contributed by atoms with Crippen molar-refractivity contribution in [3.63, 3.8) is 0 Å². The highest BCUT2D eigenvalue weighted by atomic mass is 16.5. The molecule has 0 saturated carbocycles. The van der Waals surface area contributed by atoms with E-state index in [4.69, 9.17) is 9.47 Å². The highest BCUT2D eigenvalue weighted by Gasteiger charge is 2.36. The first-order valence-electron chi connectivity index (χ1n) is 11.5. The number of rotatable bonds is 6. The maximum absolute atomic E-state index is 13.0. The van der Waals surface area contributed by atoms with Gasteiger partial charge < -0.3 is 19.3 Å². The van der Waals surface area contributed by atoms with Crippen molar-refractivity contribution in [3.05, 3.63) is 23.8 Å². The molecule has 172 valence electrons. The summed E-state index contributed by atoms with van der Waals surface area (Å²) in [5, 5.41) is 0. The van der Waals surface area contributed by atoms with Gasteiger partial charge in [0.1, 0.15) is 0 Å². The molecule has 3 rings (SSSR count). The molecule has 0 N–H and O–H groups in total. The van der Waals surface area contributed by atoms with Crippen molar-refractivity contribution in [1.82, 2.24) is 9.80 Å². The first kappa shape index (κ1) is 23.4. The molecule has 0 unspecified atom stereocenters. The van der Waals surface area contributed by atoms with Crippen LogP contribution in [-0.2, 0) is 16.0 Å². The Bertz CT molecular complexity index is 786. The summed E-state index contributed by atoms with van der Waals surface area (Å²) in [6.45, 7) is 9.34. The standard InChI is InChI=1S/C25H38N2O4/c1-25(2,3)16-23(29)27-14-10-19-15-22(28)26(13-11-20(19)17-27)12-9-18-7-6-8-21(30-4)24(18)31-5/h6-8,19-20H,9-17H2,1-5H3/t19-,20+/m1/s1. The molecule has 2 aliphatic heterocycles. The summed E-state index contributed by atoms with van der Waals surface area (Å²) in [5.41, 5.74) is 1.06. The van der Waals surface area contributed by atoms with Crippen molar-refractivity contribution >= 4 is 11.8 Å². The van der Waals surface area contributed by atoms with E-state index in [2.05, 4.69) is 20.8 Å². The van der Waals surface area contributed by atoms with Gasteiger partial charge in [-0.2, -0.15) is 0 Å². The Kier molecular flexibility index (Phi) is 7.50. The first-order chi connectivity index (χ1) is 14.7. The lowest BCUT2D eigenvalue weighted by Gasteiger charge is -2.38. The summed E-state index contributed by atoms with van der Waals surface area (Å²) in [6.07, 6.45) is 3.81. The number of nitrogens with zero attached hydrogens (tertiary/aromatic N) is 2. The van der Waals surface area contributed by atoms with E-state index in [9.17, 15) is 9.59 Å². The van der Waals surface area contributed by atoms with E-state index in [0.29, 0.717) is 37.0 Å². The van der Waals surface area contributed by atoms with Crippen LogP contribution in [0.1, 0.15) is 52.0 Å². The topological polar surface area (TPSA) is 59.1 Å². The number of ether oxygens (including phenoxy) is 2. The van der Waals surface area contributed by atoms with Crippen LogP contribution >= 0.6 is 0 Å². The first-order valence-corrected chi connectivity index (χ1v) is 11.5. The van der Waals surface area contributed by atoms with Crippen molar-refractivity contribution in [3.8, 4) is 11.5 Å². The summed E-state index contributed by atoms with van der Waals surface area (Å²) in [6, 6.07) is 5.87. The molecule has 31 heavy (non-hydrogen) atoms. The van der Waals surface area contributed by atoms with Gasteiger partial charge in [0.2, 0.25) is 11.8 Å². The summed E-state index contributed by atoms with van der Waals surface area (Å²) in [5.74, 6) is 2.76. The third kappa shape index (κ3) is 5.92. The molecule has 0 aromatic heterocycles. The largest absolute Gasteiger partial charge is 0.493 e. The van der Waals surface area contributed by atoms with Crippen LogP contribution < -0.4 is 9.47 Å². The van der Waals surface area contributed by atoms with Gasteiger partial charge in [0.05, 0.1) is 14.2 Å². The van der Waals surface area contributed by atoms with E-state index in [0.717, 1.165) is 50.2 Å². The number of likely N-dealkylation sites (tertiary alicyclic amines) is 2. The number of fused-ring (bicyclic) bond motifs is 1. The fourth-order valence-corrected chi connectivity index (χ4v) is 4.91. The summed E-state index contributed by atoms with van der Waals surface area (Å²) < 4.78 is 10.9. The number of hydrogen-bond acceptors (Lipinski definition) is 4. The average molecular weight is 431 g/mol. The van der Waals surface area contributed by atoms with Crippen LogP contribution in [0.2, 0.25) is 0 Å². The zero-order valence-corrected chi connectivity index (χ0v) is 19.8. The second kappa shape index (κ2) is 9.92. The molecule has 0 bridgehead atoms. The van der Waals surface area contributed by atoms with Gasteiger partial charge in [0.25, 0.3) is 0 Å². The lowest BCUT2D eigenvalue weighted by Crippen LogP contribution is -2.44. The van der Waals surface area contributed by atoms with Gasteiger partial charge >= 0.3 is 0 Å². The number of amides is 2. The van der Waals surface area contributed by atoms with Crippen molar-refractivity contribution < 1.29 is 19.1 Å². The fraction of sp³-hybridized carbons (Fsp3) is 0.680. The van der Waals surface area contributed by atoms with E-state index in [1.165, 1.54) is 0 Å². The fourth-order valence-electron chi connectivity index (χ4n) is 4.91. The highest BCUT2D eigenvalue weighted by molar-refractivity contribution is 5.78. The predicted molar refractivity (Wildman–Crippen MR) is 121 cm³/mol. The van der Waals surface area contributed by atoms with Gasteiger partial charge in [0, 0.05) is 39.0 Å². The molecule has 6 nitrogen and oxygen atoms in total. The van der Waals surface area contributed by atoms with Gasteiger partial charge in [-0.3, -0.25) is 9.59 Å². The molecule has 2 aliphatic rings. The number of carbonyl (C=O) groups is 2. The minimum atomic E-state index is 0.00528. The second-order valence-electron chi connectivity index (χ2n) is 10.2. The summed E-state index contributed by atoms with van der Waals surface area (Å²) in [7, 11) is 3.28. The lowest BCUT2D eigenvalue weighted by atomic mass is 9.81. The van der Waals surface area contributed by atoms with Crippen molar-refractivity contribution in [2.45, 2.75) is 52.9 Å². The number of methoxy groups -OCH3 is 2. The van der Waals surface area contributed by atoms with Gasteiger partial charge in [-0.1, -0.05) is 32.9 Å². The Morgan fingerprint density at radius 3 is 2.52 bits per heavy atom. The summed E-state index contributed by atoms with van der Waals surface area (Å²) in [4.78, 5) is 29.7. The van der Waals surface area contributed by atoms with Crippen LogP contribution in [0.3, 0.4) is 0 Å². The minimum Gasteiger partial charge on any atom is -0.493 e. The minimum absolute atomic E-state index is 0.00528. The van der Waals surface area contributed by atoms with E-state index in [1.54, 1.807) is 14.2 Å². The molecular weight excluding hydrogens is 392 g/mol. The average Bonchev–Trinajstić information content (AvgIpc) is 2.88. The number of hydrogen-bond donors (Lipinski definition) is 0. The molecule has 0 aliphatic carbocycles. The number of carbonyl (C=O) groups excluding carboxylic acids is 2. The lowest BCUT2D eigenvalue weighted by molar-refractivity contribution is -0.136. The predicted octanol–water partition coefficient (Wildman–Crippen LogP) is 3.77. The zero-order valence-electron chi connectivity index (χ0n) is 19.8. The summed E-state index contributed by atoms with van der Waals surface area (Å²) >= 11 is 0. The van der Waals surface area contributed by atoms with Crippen molar-refractivity contribution in [1.29, 1.82) is 0 Å². The Hall–Kier alpha value is -2.24. The van der Waals surface area contributed by atoms with Crippen LogP contribution in [0.25, 0.3) is 0 Å². The molecule has 1 aromatic carbocycles. The van der Waals surface area contributed by atoms with Crippen LogP contribution in [0, 0.1) is 17.3 Å². The highest BCUT2D eigenvalue weighted by Crippen LogP contribution is 2.34. The van der Waals surface area contributed by atoms with E-state index >= 15 is 0 Å². The van der Waals surface area contributed by atoms with Crippen molar-refractivity contribution in [2.24, 2.45) is 17.3 Å². The maximum atomic E-state index is 13.0. The normalized spacial score (nSPS) is 22.0. The number of piperidine rings is 1. The van der Waals surface area contributed by atoms with Gasteiger partial charge in [-0.05, 0) is 48.1 Å². The van der Waals surface area contributed by atoms with E-state index in [-0.39, 0.29) is 17.2 Å². The van der Waals surface area contributed by atoms with E-state index in [1.807, 2.05) is 28.0 Å². The Balaban J connectivity index is 1.60.